The van der Waals surface area contributed by atoms with Gasteiger partial charge in [-0.3, -0.25) is 24.3 Å². The molecule has 2 heterocycles. The van der Waals surface area contributed by atoms with Gasteiger partial charge < -0.3 is 5.32 Å². The molecule has 0 unspecified atom stereocenters. The second-order valence-electron chi connectivity index (χ2n) is 5.73. The van der Waals surface area contributed by atoms with Crippen LogP contribution in [0.15, 0.2) is 34.9 Å². The number of nitrogens with one attached hydrogen (secondary N) is 1. The van der Waals surface area contributed by atoms with Crippen molar-refractivity contribution >= 4 is 44.9 Å². The maximum absolute atomic E-state index is 12.5. The van der Waals surface area contributed by atoms with E-state index in [1.165, 1.54) is 18.7 Å². The van der Waals surface area contributed by atoms with Gasteiger partial charge in [0, 0.05) is 18.3 Å². The van der Waals surface area contributed by atoms with E-state index >= 15 is 0 Å². The van der Waals surface area contributed by atoms with Crippen LogP contribution in [0.3, 0.4) is 0 Å². The molecule has 1 aromatic carbocycles. The number of anilines is 1. The van der Waals surface area contributed by atoms with Crippen LogP contribution in [-0.2, 0) is 13.6 Å². The quantitative estimate of drug-likeness (QED) is 0.469. The summed E-state index contributed by atoms with van der Waals surface area (Å²) in [5.41, 5.74) is 0.547. The van der Waals surface area contributed by atoms with Crippen LogP contribution in [0, 0.1) is 17.0 Å². The van der Waals surface area contributed by atoms with Gasteiger partial charge in [0.05, 0.1) is 15.9 Å². The predicted octanol–water partition coefficient (Wildman–Crippen LogP) is 3.55. The molecule has 0 saturated carbocycles. The Bertz CT molecular complexity index is 1040. The maximum Gasteiger partial charge on any atom is 0.322 e. The van der Waals surface area contributed by atoms with Gasteiger partial charge in [-0.05, 0) is 34.5 Å². The molecule has 0 atom stereocenters. The first-order valence-electron chi connectivity index (χ1n) is 7.73. The van der Waals surface area contributed by atoms with Crippen molar-refractivity contribution in [3.05, 3.63) is 67.0 Å². The highest BCUT2D eigenvalue weighted by Crippen LogP contribution is 2.26. The molecule has 1 amide bonds. The number of aryl methyl sites for hydroxylation is 1. The van der Waals surface area contributed by atoms with Gasteiger partial charge >= 0.3 is 5.69 Å². The predicted molar refractivity (Wildman–Crippen MR) is 103 cm³/mol. The minimum atomic E-state index is -0.714. The molecule has 0 bridgehead atoms. The lowest BCUT2D eigenvalue weighted by atomic mass is 10.2. The van der Waals surface area contributed by atoms with Crippen LogP contribution in [0.2, 0.25) is 5.02 Å². The molecule has 0 radical (unpaired) electrons. The Kier molecular flexibility index (Phi) is 5.29. The van der Waals surface area contributed by atoms with E-state index in [2.05, 4.69) is 31.4 Å². The van der Waals surface area contributed by atoms with Crippen molar-refractivity contribution in [2.24, 2.45) is 7.05 Å². The lowest BCUT2D eigenvalue weighted by molar-refractivity contribution is -0.385. The number of carbonyl (C=O) groups is 1. The highest BCUT2D eigenvalue weighted by atomic mass is 79.9. The summed E-state index contributed by atoms with van der Waals surface area (Å²) in [6.07, 6.45) is 1.68. The molecule has 0 spiro atoms. The highest BCUT2D eigenvalue weighted by molar-refractivity contribution is 9.10. The number of halogens is 2. The zero-order valence-corrected chi connectivity index (χ0v) is 16.7. The van der Waals surface area contributed by atoms with E-state index in [-0.39, 0.29) is 22.9 Å². The van der Waals surface area contributed by atoms with Crippen molar-refractivity contribution < 1.29 is 9.72 Å². The molecule has 0 saturated heterocycles. The lowest BCUT2D eigenvalue weighted by Gasteiger charge is -2.04. The van der Waals surface area contributed by atoms with Crippen LogP contribution in [0.5, 0.6) is 0 Å². The van der Waals surface area contributed by atoms with Crippen LogP contribution in [0.1, 0.15) is 21.7 Å². The van der Waals surface area contributed by atoms with Crippen LogP contribution >= 0.6 is 27.5 Å². The fraction of sp³-hybridized carbons (Fsp3) is 0.188. The Morgan fingerprint density at radius 1 is 1.37 bits per heavy atom. The number of rotatable bonds is 5. The molecule has 0 fully saturated rings. The number of nitrogens with zero attached hydrogens (tertiary/aromatic N) is 5. The first-order valence-corrected chi connectivity index (χ1v) is 8.90. The Labute approximate surface area is 167 Å². The fourth-order valence-corrected chi connectivity index (χ4v) is 3.11. The zero-order chi connectivity index (χ0) is 19.7. The van der Waals surface area contributed by atoms with E-state index in [1.54, 1.807) is 16.9 Å². The number of carbonyl (C=O) groups excluding carboxylic acids is 1. The summed E-state index contributed by atoms with van der Waals surface area (Å²) in [5, 5.41) is 22.6. The van der Waals surface area contributed by atoms with Crippen molar-refractivity contribution in [2.75, 3.05) is 5.32 Å². The highest BCUT2D eigenvalue weighted by Gasteiger charge is 2.29. The smallest absolute Gasteiger partial charge is 0.302 e. The van der Waals surface area contributed by atoms with Gasteiger partial charge in [0.15, 0.2) is 5.82 Å². The Morgan fingerprint density at radius 3 is 2.74 bits per heavy atom. The molecule has 3 rings (SSSR count). The molecule has 0 aliphatic heterocycles. The van der Waals surface area contributed by atoms with Gasteiger partial charge in [0.25, 0.3) is 5.91 Å². The van der Waals surface area contributed by atoms with Crippen molar-refractivity contribution in [2.45, 2.75) is 13.5 Å². The molecule has 2 aromatic heterocycles. The summed E-state index contributed by atoms with van der Waals surface area (Å²) >= 11 is 9.48. The maximum atomic E-state index is 12.5. The molecule has 0 aliphatic rings. The van der Waals surface area contributed by atoms with Gasteiger partial charge in [-0.2, -0.15) is 10.2 Å². The number of nitro groups is 1. The SMILES string of the molecule is Cc1c([N+](=O)[O-])c(C(=O)Nc2nn(Cc3ccccc3Cl)cc2Br)nn1C. The summed E-state index contributed by atoms with van der Waals surface area (Å²) < 4.78 is 3.41. The van der Waals surface area contributed by atoms with E-state index in [0.29, 0.717) is 16.0 Å². The van der Waals surface area contributed by atoms with Crippen molar-refractivity contribution in [3.8, 4) is 0 Å². The van der Waals surface area contributed by atoms with E-state index in [4.69, 9.17) is 11.6 Å². The molecule has 11 heteroatoms. The monoisotopic (exact) mass is 452 g/mol. The summed E-state index contributed by atoms with van der Waals surface area (Å²) in [7, 11) is 1.54. The fourth-order valence-electron chi connectivity index (χ4n) is 2.50. The number of hydrogen-bond donors (Lipinski definition) is 1. The molecule has 1 N–H and O–H groups in total. The first kappa shape index (κ1) is 19.1. The molecule has 9 nitrogen and oxygen atoms in total. The third-order valence-corrected chi connectivity index (χ3v) is 4.89. The van der Waals surface area contributed by atoms with E-state index < -0.39 is 10.8 Å². The van der Waals surface area contributed by atoms with Gasteiger partial charge in [-0.15, -0.1) is 0 Å². The minimum Gasteiger partial charge on any atom is -0.302 e. The summed E-state index contributed by atoms with van der Waals surface area (Å²) in [6, 6.07) is 7.35. The van der Waals surface area contributed by atoms with Gasteiger partial charge in [0.2, 0.25) is 5.69 Å². The zero-order valence-electron chi connectivity index (χ0n) is 14.3. The van der Waals surface area contributed by atoms with Gasteiger partial charge in [-0.1, -0.05) is 29.8 Å². The summed E-state index contributed by atoms with van der Waals surface area (Å²) in [5.74, 6) is -0.487. The second kappa shape index (κ2) is 7.49. The largest absolute Gasteiger partial charge is 0.322 e. The average Bonchev–Trinajstić information content (AvgIpc) is 3.10. The number of hydrogen-bond acceptors (Lipinski definition) is 5. The van der Waals surface area contributed by atoms with Crippen LogP contribution in [-0.4, -0.2) is 30.4 Å². The standard InChI is InChI=1S/C16H14BrClN6O3/c1-9-14(24(26)27)13(20-22(9)2)16(25)19-15-11(17)8-23(21-15)7-10-5-3-4-6-12(10)18/h3-6,8H,7H2,1-2H3,(H,19,21,25). The van der Waals surface area contributed by atoms with Crippen LogP contribution < -0.4 is 5.32 Å². The van der Waals surface area contributed by atoms with Crippen molar-refractivity contribution in [3.63, 3.8) is 0 Å². The van der Waals surface area contributed by atoms with Crippen LogP contribution in [0.4, 0.5) is 11.5 Å². The number of aromatic nitrogens is 4. The van der Waals surface area contributed by atoms with Crippen molar-refractivity contribution in [1.82, 2.24) is 19.6 Å². The van der Waals surface area contributed by atoms with Gasteiger partial charge in [0.1, 0.15) is 5.69 Å². The van der Waals surface area contributed by atoms with E-state index in [0.717, 1.165) is 5.56 Å². The normalized spacial score (nSPS) is 10.8. The number of benzene rings is 1. The van der Waals surface area contributed by atoms with Crippen LogP contribution in [0.25, 0.3) is 0 Å². The Balaban J connectivity index is 1.84. The van der Waals surface area contributed by atoms with Gasteiger partial charge in [-0.25, -0.2) is 0 Å². The van der Waals surface area contributed by atoms with E-state index in [1.807, 2.05) is 18.2 Å². The Morgan fingerprint density at radius 2 is 2.07 bits per heavy atom. The molecule has 140 valence electrons. The first-order chi connectivity index (χ1) is 12.8. The minimum absolute atomic E-state index is 0.227. The molecule has 27 heavy (non-hydrogen) atoms. The third kappa shape index (κ3) is 3.86. The van der Waals surface area contributed by atoms with E-state index in [9.17, 15) is 14.9 Å². The second-order valence-corrected chi connectivity index (χ2v) is 6.99. The average molecular weight is 454 g/mol. The molecular weight excluding hydrogens is 440 g/mol. The topological polar surface area (TPSA) is 108 Å². The molecular formula is C16H14BrClN6O3. The summed E-state index contributed by atoms with van der Waals surface area (Å²) in [4.78, 5) is 23.1. The Hall–Kier alpha value is -2.72. The summed E-state index contributed by atoms with van der Waals surface area (Å²) in [6.45, 7) is 1.92. The third-order valence-electron chi connectivity index (χ3n) is 3.94. The van der Waals surface area contributed by atoms with Crippen molar-refractivity contribution in [1.29, 1.82) is 0 Å². The molecule has 3 aromatic rings. The lowest BCUT2D eigenvalue weighted by Crippen LogP contribution is -2.15. The number of amides is 1. The molecule has 0 aliphatic carbocycles.